The van der Waals surface area contributed by atoms with Crippen molar-refractivity contribution in [2.75, 3.05) is 19.7 Å². The van der Waals surface area contributed by atoms with Crippen LogP contribution in [-0.2, 0) is 4.79 Å². The molecule has 2 heterocycles. The number of primary amides is 1. The zero-order valence-electron chi connectivity index (χ0n) is 12.1. The monoisotopic (exact) mass is 317 g/mol. The van der Waals surface area contributed by atoms with Gasteiger partial charge in [-0.3, -0.25) is 4.79 Å². The van der Waals surface area contributed by atoms with Crippen molar-refractivity contribution in [2.45, 2.75) is 6.04 Å². The molecule has 0 spiro atoms. The number of nitrogens with two attached hydrogens (primary N) is 1. The van der Waals surface area contributed by atoms with Gasteiger partial charge in [0, 0.05) is 13.1 Å². The van der Waals surface area contributed by atoms with Crippen molar-refractivity contribution in [3.63, 3.8) is 0 Å². The summed E-state index contributed by atoms with van der Waals surface area (Å²) in [6, 6.07) is 6.46. The fourth-order valence-electron chi connectivity index (χ4n) is 2.14. The van der Waals surface area contributed by atoms with Crippen molar-refractivity contribution < 1.29 is 14.3 Å². The molecule has 3 N–H and O–H groups in total. The van der Waals surface area contributed by atoms with Gasteiger partial charge < -0.3 is 20.7 Å². The number of benzene rings is 1. The summed E-state index contributed by atoms with van der Waals surface area (Å²) in [4.78, 5) is 24.0. The molecular formula is C13H15N7O3. The van der Waals surface area contributed by atoms with Gasteiger partial charge in [-0.1, -0.05) is 0 Å². The van der Waals surface area contributed by atoms with Crippen LogP contribution in [0.15, 0.2) is 30.6 Å². The summed E-state index contributed by atoms with van der Waals surface area (Å²) in [6.45, 7) is 0.765. The van der Waals surface area contributed by atoms with Crippen LogP contribution in [0, 0.1) is 0 Å². The first-order valence-corrected chi connectivity index (χ1v) is 6.92. The summed E-state index contributed by atoms with van der Waals surface area (Å²) >= 11 is 0. The molecular weight excluding hydrogens is 302 g/mol. The molecule has 10 nitrogen and oxygen atoms in total. The van der Waals surface area contributed by atoms with E-state index in [9.17, 15) is 9.59 Å². The van der Waals surface area contributed by atoms with E-state index < -0.39 is 6.03 Å². The van der Waals surface area contributed by atoms with Crippen molar-refractivity contribution in [3.05, 3.63) is 30.6 Å². The topological polar surface area (TPSA) is 128 Å². The highest BCUT2D eigenvalue weighted by Crippen LogP contribution is 2.14. The van der Waals surface area contributed by atoms with Crippen LogP contribution in [0.5, 0.6) is 5.75 Å². The van der Waals surface area contributed by atoms with E-state index in [4.69, 9.17) is 10.5 Å². The average Bonchev–Trinajstić information content (AvgIpc) is 3.03. The molecule has 1 aromatic carbocycles. The fraction of sp³-hybridized carbons (Fsp3) is 0.308. The lowest BCUT2D eigenvalue weighted by Crippen LogP contribution is -2.62. The molecule has 2 aromatic rings. The molecule has 0 unspecified atom stereocenters. The maximum atomic E-state index is 11.7. The van der Waals surface area contributed by atoms with Gasteiger partial charge >= 0.3 is 6.03 Å². The highest BCUT2D eigenvalue weighted by molar-refractivity contribution is 5.79. The molecule has 3 rings (SSSR count). The van der Waals surface area contributed by atoms with E-state index >= 15 is 0 Å². The third-order valence-electron chi connectivity index (χ3n) is 3.38. The van der Waals surface area contributed by atoms with Crippen LogP contribution in [0.2, 0.25) is 0 Å². The van der Waals surface area contributed by atoms with Crippen LogP contribution in [0.25, 0.3) is 5.69 Å². The lowest BCUT2D eigenvalue weighted by Gasteiger charge is -2.38. The summed E-state index contributed by atoms with van der Waals surface area (Å²) in [5.41, 5.74) is 5.89. The predicted octanol–water partition coefficient (Wildman–Crippen LogP) is -1.08. The number of carbonyl (C=O) groups excluding carboxylic acids is 2. The quantitative estimate of drug-likeness (QED) is 0.722. The number of nitrogens with zero attached hydrogens (tertiary/aromatic N) is 5. The smallest absolute Gasteiger partial charge is 0.314 e. The van der Waals surface area contributed by atoms with Crippen molar-refractivity contribution in [2.24, 2.45) is 5.73 Å². The SMILES string of the molecule is NC(=O)N1CC(NC(=O)COc2ccc(-n3cnnn3)cc2)C1. The normalized spacial score (nSPS) is 14.2. The highest BCUT2D eigenvalue weighted by atomic mass is 16.5. The Morgan fingerprint density at radius 2 is 2.04 bits per heavy atom. The molecule has 1 saturated heterocycles. The van der Waals surface area contributed by atoms with E-state index in [-0.39, 0.29) is 18.6 Å². The molecule has 1 aromatic heterocycles. The molecule has 120 valence electrons. The van der Waals surface area contributed by atoms with E-state index in [0.29, 0.717) is 18.8 Å². The van der Waals surface area contributed by atoms with E-state index in [0.717, 1.165) is 5.69 Å². The molecule has 10 heteroatoms. The number of hydrogen-bond acceptors (Lipinski definition) is 6. The van der Waals surface area contributed by atoms with Gasteiger partial charge in [-0.25, -0.2) is 9.48 Å². The molecule has 0 saturated carbocycles. The highest BCUT2D eigenvalue weighted by Gasteiger charge is 2.30. The Morgan fingerprint density at radius 3 is 2.65 bits per heavy atom. The number of hydrogen-bond donors (Lipinski definition) is 2. The second-order valence-electron chi connectivity index (χ2n) is 5.04. The van der Waals surface area contributed by atoms with E-state index in [2.05, 4.69) is 20.8 Å². The Morgan fingerprint density at radius 1 is 1.30 bits per heavy atom. The van der Waals surface area contributed by atoms with Crippen LogP contribution in [0.3, 0.4) is 0 Å². The lowest BCUT2D eigenvalue weighted by molar-refractivity contribution is -0.124. The third kappa shape index (κ3) is 3.54. The molecule has 3 amide bonds. The minimum absolute atomic E-state index is 0.0687. The Kier molecular flexibility index (Phi) is 4.04. The number of nitrogens with one attached hydrogen (secondary N) is 1. The first kappa shape index (κ1) is 14.8. The molecule has 0 aliphatic carbocycles. The van der Waals surface area contributed by atoms with Gasteiger partial charge in [0.1, 0.15) is 12.1 Å². The molecule has 0 atom stereocenters. The van der Waals surface area contributed by atoms with Crippen LogP contribution in [-0.4, -0.2) is 62.8 Å². The zero-order chi connectivity index (χ0) is 16.2. The molecule has 1 aliphatic rings. The molecule has 23 heavy (non-hydrogen) atoms. The molecule has 1 aliphatic heterocycles. The molecule has 0 radical (unpaired) electrons. The van der Waals surface area contributed by atoms with Gasteiger partial charge in [0.25, 0.3) is 5.91 Å². The Hall–Kier alpha value is -3.17. The van der Waals surface area contributed by atoms with Crippen LogP contribution in [0.4, 0.5) is 4.79 Å². The number of tetrazole rings is 1. The maximum Gasteiger partial charge on any atom is 0.314 e. The number of rotatable bonds is 5. The number of carbonyl (C=O) groups is 2. The number of ether oxygens (including phenoxy) is 1. The van der Waals surface area contributed by atoms with Gasteiger partial charge in [-0.2, -0.15) is 0 Å². The van der Waals surface area contributed by atoms with Gasteiger partial charge in [0.05, 0.1) is 11.7 Å². The van der Waals surface area contributed by atoms with Gasteiger partial charge in [-0.05, 0) is 34.7 Å². The van der Waals surface area contributed by atoms with Crippen molar-refractivity contribution in [1.82, 2.24) is 30.4 Å². The van der Waals surface area contributed by atoms with Crippen LogP contribution >= 0.6 is 0 Å². The summed E-state index contributed by atoms with van der Waals surface area (Å²) in [5, 5.41) is 13.6. The van der Waals surface area contributed by atoms with Gasteiger partial charge in [-0.15, -0.1) is 5.10 Å². The standard InChI is InChI=1S/C13H15N7O3/c14-13(22)19-5-9(6-19)16-12(21)7-23-11-3-1-10(2-4-11)20-8-15-17-18-20/h1-4,8-9H,5-7H2,(H2,14,22)(H,16,21). The summed E-state index contributed by atoms with van der Waals surface area (Å²) in [7, 11) is 0. The van der Waals surface area contributed by atoms with Gasteiger partial charge in [0.2, 0.25) is 0 Å². The number of amides is 3. The molecule has 1 fully saturated rings. The Bertz CT molecular complexity index is 680. The first-order chi connectivity index (χ1) is 11.1. The second kappa shape index (κ2) is 6.30. The number of urea groups is 1. The molecule has 0 bridgehead atoms. The largest absolute Gasteiger partial charge is 0.484 e. The van der Waals surface area contributed by atoms with Crippen LogP contribution < -0.4 is 15.8 Å². The van der Waals surface area contributed by atoms with Crippen LogP contribution in [0.1, 0.15) is 0 Å². The van der Waals surface area contributed by atoms with Crippen molar-refractivity contribution in [1.29, 1.82) is 0 Å². The van der Waals surface area contributed by atoms with E-state index in [1.807, 2.05) is 0 Å². The zero-order valence-corrected chi connectivity index (χ0v) is 12.1. The average molecular weight is 317 g/mol. The van der Waals surface area contributed by atoms with E-state index in [1.54, 1.807) is 24.3 Å². The first-order valence-electron chi connectivity index (χ1n) is 6.92. The predicted molar refractivity (Wildman–Crippen MR) is 77.7 cm³/mol. The third-order valence-corrected chi connectivity index (χ3v) is 3.38. The fourth-order valence-corrected chi connectivity index (χ4v) is 2.14. The Labute approximate surface area is 131 Å². The summed E-state index contributed by atoms with van der Waals surface area (Å²) < 4.78 is 6.92. The van der Waals surface area contributed by atoms with Crippen molar-refractivity contribution in [3.8, 4) is 11.4 Å². The summed E-state index contributed by atoms with van der Waals surface area (Å²) in [6.07, 6.45) is 1.48. The lowest BCUT2D eigenvalue weighted by atomic mass is 10.1. The number of likely N-dealkylation sites (tertiary alicyclic amines) is 1. The minimum atomic E-state index is -0.477. The van der Waals surface area contributed by atoms with Crippen molar-refractivity contribution >= 4 is 11.9 Å². The second-order valence-corrected chi connectivity index (χ2v) is 5.04. The minimum Gasteiger partial charge on any atom is -0.484 e. The maximum absolute atomic E-state index is 11.7. The number of aromatic nitrogens is 4. The summed E-state index contributed by atoms with van der Waals surface area (Å²) in [5.74, 6) is 0.313. The van der Waals surface area contributed by atoms with E-state index in [1.165, 1.54) is 15.9 Å². The Balaban J connectivity index is 1.43. The van der Waals surface area contributed by atoms with Gasteiger partial charge in [0.15, 0.2) is 6.61 Å².